The van der Waals surface area contributed by atoms with Gasteiger partial charge in [-0.15, -0.1) is 0 Å². The van der Waals surface area contributed by atoms with Crippen molar-refractivity contribution in [3.63, 3.8) is 0 Å². The van der Waals surface area contributed by atoms with E-state index in [4.69, 9.17) is 0 Å². The summed E-state index contributed by atoms with van der Waals surface area (Å²) >= 11 is 0. The number of pyridine rings is 1. The minimum atomic E-state index is -4.76. The summed E-state index contributed by atoms with van der Waals surface area (Å²) in [5, 5.41) is 3.05. The maximum atomic E-state index is 14.8. The number of amides is 2. The highest BCUT2D eigenvalue weighted by Gasteiger charge is 2.41. The van der Waals surface area contributed by atoms with Crippen molar-refractivity contribution in [3.8, 4) is 0 Å². The number of carbonyl (C=O) groups excluding carboxylic acids is 1. The zero-order valence-corrected chi connectivity index (χ0v) is 23.0. The van der Waals surface area contributed by atoms with Crippen molar-refractivity contribution in [2.45, 2.75) is 57.7 Å². The monoisotopic (exact) mass is 556 g/mol. The minimum Gasteiger partial charge on any atom is -0.357 e. The molecule has 2 amide bonds. The molecule has 1 unspecified atom stereocenters. The molecule has 2 aliphatic heterocycles. The summed E-state index contributed by atoms with van der Waals surface area (Å²) in [4.78, 5) is 21.9. The number of rotatable bonds is 6. The molecule has 2 saturated heterocycles. The van der Waals surface area contributed by atoms with Crippen LogP contribution in [-0.2, 0) is 18.1 Å². The van der Waals surface area contributed by atoms with E-state index in [2.05, 4.69) is 15.2 Å². The van der Waals surface area contributed by atoms with Gasteiger partial charge in [0.25, 0.3) is 0 Å². The molecular weight excluding hydrogens is 520 g/mol. The molecule has 3 heterocycles. The predicted molar refractivity (Wildman–Crippen MR) is 149 cm³/mol. The lowest BCUT2D eigenvalue weighted by Crippen LogP contribution is -2.53. The molecule has 0 saturated carbocycles. The molecule has 2 aliphatic rings. The van der Waals surface area contributed by atoms with Crippen LogP contribution >= 0.6 is 0 Å². The Kier molecular flexibility index (Phi) is 9.32. The van der Waals surface area contributed by atoms with Gasteiger partial charge >= 0.3 is 12.2 Å². The Morgan fingerprint density at radius 3 is 2.08 bits per heavy atom. The Labute approximate surface area is 233 Å². The Balaban J connectivity index is 0.00000181. The van der Waals surface area contributed by atoms with Gasteiger partial charge in [-0.1, -0.05) is 50.2 Å². The van der Waals surface area contributed by atoms with Gasteiger partial charge in [-0.3, -0.25) is 0 Å². The first-order chi connectivity index (χ1) is 19.2. The standard InChI is InChI=1S/C29H30F4N4O.C2H6/c30-25-17-23(16-24(18-25)29(31,32)33)28(19-21-8-2-1-3-9-21,35-27(38)37-14-6-7-15-37)22-10-11-26(34-20-22)36-12-4-5-13-36;1-2/h1-3,8-11,16-18,20H,4-7,12-15,19H2,(H,35,38);1-2H3. The normalized spacial score (nSPS) is 16.8. The van der Waals surface area contributed by atoms with E-state index in [1.54, 1.807) is 17.2 Å². The number of benzene rings is 2. The zero-order valence-electron chi connectivity index (χ0n) is 23.0. The SMILES string of the molecule is CC.O=C(NC(Cc1ccccc1)(c1ccc(N2CCCC2)nc1)c1cc(F)cc(C(F)(F)F)c1)N1CCCC1. The molecule has 0 spiro atoms. The molecule has 5 rings (SSSR count). The number of hydrogen-bond acceptors (Lipinski definition) is 3. The lowest BCUT2D eigenvalue weighted by atomic mass is 9.78. The van der Waals surface area contributed by atoms with E-state index < -0.39 is 29.1 Å². The van der Waals surface area contributed by atoms with Crippen molar-refractivity contribution in [2.24, 2.45) is 0 Å². The van der Waals surface area contributed by atoms with Crippen LogP contribution in [0.4, 0.5) is 28.2 Å². The Morgan fingerprint density at radius 2 is 1.48 bits per heavy atom. The molecule has 0 bridgehead atoms. The first kappa shape index (κ1) is 29.4. The molecule has 1 aromatic heterocycles. The number of nitrogens with one attached hydrogen (secondary N) is 1. The Hall–Kier alpha value is -3.62. The van der Waals surface area contributed by atoms with E-state index in [1.165, 1.54) is 0 Å². The van der Waals surface area contributed by atoms with Crippen LogP contribution < -0.4 is 10.2 Å². The summed E-state index contributed by atoms with van der Waals surface area (Å²) in [5.74, 6) is -0.259. The van der Waals surface area contributed by atoms with Crippen LogP contribution in [0.3, 0.4) is 0 Å². The third kappa shape index (κ3) is 6.57. The first-order valence-electron chi connectivity index (χ1n) is 14.0. The van der Waals surface area contributed by atoms with Crippen LogP contribution in [-0.4, -0.2) is 42.1 Å². The molecule has 2 aromatic carbocycles. The summed E-state index contributed by atoms with van der Waals surface area (Å²) in [7, 11) is 0. The highest BCUT2D eigenvalue weighted by molar-refractivity contribution is 5.76. The van der Waals surface area contributed by atoms with Gasteiger partial charge in [0.15, 0.2) is 0 Å². The van der Waals surface area contributed by atoms with Crippen molar-refractivity contribution in [3.05, 3.63) is 94.9 Å². The maximum absolute atomic E-state index is 14.8. The molecule has 1 N–H and O–H groups in total. The number of carbonyl (C=O) groups is 1. The van der Waals surface area contributed by atoms with Crippen molar-refractivity contribution < 1.29 is 22.4 Å². The Morgan fingerprint density at radius 1 is 0.850 bits per heavy atom. The molecule has 214 valence electrons. The number of likely N-dealkylation sites (tertiary alicyclic amines) is 1. The largest absolute Gasteiger partial charge is 0.416 e. The van der Waals surface area contributed by atoms with Gasteiger partial charge in [0.05, 0.1) is 11.1 Å². The van der Waals surface area contributed by atoms with Gasteiger partial charge in [-0.2, -0.15) is 13.2 Å². The fourth-order valence-electron chi connectivity index (χ4n) is 5.41. The lowest BCUT2D eigenvalue weighted by Gasteiger charge is -2.38. The number of halogens is 4. The molecule has 2 fully saturated rings. The Bertz CT molecular complexity index is 1250. The van der Waals surface area contributed by atoms with Crippen molar-refractivity contribution >= 4 is 11.8 Å². The van der Waals surface area contributed by atoms with E-state index in [1.807, 2.05) is 50.2 Å². The smallest absolute Gasteiger partial charge is 0.357 e. The lowest BCUT2D eigenvalue weighted by molar-refractivity contribution is -0.137. The van der Waals surface area contributed by atoms with E-state index in [0.29, 0.717) is 24.7 Å². The van der Waals surface area contributed by atoms with Gasteiger partial charge in [0.1, 0.15) is 11.6 Å². The summed E-state index contributed by atoms with van der Waals surface area (Å²) in [5.41, 5.74) is -1.34. The van der Waals surface area contributed by atoms with Gasteiger partial charge in [0, 0.05) is 44.4 Å². The second-order valence-corrected chi connectivity index (χ2v) is 10.0. The topological polar surface area (TPSA) is 48.5 Å². The van der Waals surface area contributed by atoms with E-state index in [0.717, 1.165) is 62.3 Å². The van der Waals surface area contributed by atoms with Gasteiger partial charge in [0.2, 0.25) is 0 Å². The van der Waals surface area contributed by atoms with Crippen LogP contribution in [0, 0.1) is 5.82 Å². The summed E-state index contributed by atoms with van der Waals surface area (Å²) in [6.07, 6.45) is 0.782. The summed E-state index contributed by atoms with van der Waals surface area (Å²) < 4.78 is 56.3. The number of alkyl halides is 3. The number of hydrogen-bond donors (Lipinski definition) is 1. The third-order valence-electron chi connectivity index (χ3n) is 7.41. The second-order valence-electron chi connectivity index (χ2n) is 10.0. The molecular formula is C31H36F4N4O. The molecule has 0 radical (unpaired) electrons. The maximum Gasteiger partial charge on any atom is 0.416 e. The third-order valence-corrected chi connectivity index (χ3v) is 7.41. The number of aromatic nitrogens is 1. The van der Waals surface area contributed by atoms with Gasteiger partial charge in [-0.05, 0) is 61.1 Å². The highest BCUT2D eigenvalue weighted by Crippen LogP contribution is 2.39. The number of anilines is 1. The fourth-order valence-corrected chi connectivity index (χ4v) is 5.41. The van der Waals surface area contributed by atoms with Crippen molar-refractivity contribution in [1.82, 2.24) is 15.2 Å². The fraction of sp³-hybridized carbons (Fsp3) is 0.419. The molecule has 5 nitrogen and oxygen atoms in total. The molecule has 0 aliphatic carbocycles. The molecule has 3 aromatic rings. The quantitative estimate of drug-likeness (QED) is 0.328. The van der Waals surface area contributed by atoms with E-state index in [9.17, 15) is 22.4 Å². The van der Waals surface area contributed by atoms with Crippen molar-refractivity contribution in [2.75, 3.05) is 31.1 Å². The molecule has 40 heavy (non-hydrogen) atoms. The average molecular weight is 557 g/mol. The van der Waals surface area contributed by atoms with E-state index >= 15 is 0 Å². The van der Waals surface area contributed by atoms with Crippen LogP contribution in [0.25, 0.3) is 0 Å². The second kappa shape index (κ2) is 12.7. The zero-order chi connectivity index (χ0) is 28.8. The molecule has 1 atom stereocenters. The van der Waals surface area contributed by atoms with Gasteiger partial charge in [-0.25, -0.2) is 14.2 Å². The highest BCUT2D eigenvalue weighted by atomic mass is 19.4. The minimum absolute atomic E-state index is 0.0111. The van der Waals surface area contributed by atoms with Crippen LogP contribution in [0.15, 0.2) is 66.9 Å². The first-order valence-corrected chi connectivity index (χ1v) is 14.0. The predicted octanol–water partition coefficient (Wildman–Crippen LogP) is 7.16. The average Bonchev–Trinajstić information content (AvgIpc) is 3.69. The summed E-state index contributed by atoms with van der Waals surface area (Å²) in [6, 6.07) is 14.9. The molecule has 9 heteroatoms. The summed E-state index contributed by atoms with van der Waals surface area (Å²) in [6.45, 7) is 6.87. The van der Waals surface area contributed by atoms with Crippen LogP contribution in [0.5, 0.6) is 0 Å². The number of urea groups is 1. The van der Waals surface area contributed by atoms with Gasteiger partial charge < -0.3 is 15.1 Å². The van der Waals surface area contributed by atoms with Crippen LogP contribution in [0.1, 0.15) is 61.8 Å². The van der Waals surface area contributed by atoms with Crippen molar-refractivity contribution in [1.29, 1.82) is 0 Å². The van der Waals surface area contributed by atoms with E-state index in [-0.39, 0.29) is 12.0 Å². The van der Waals surface area contributed by atoms with Crippen LogP contribution in [0.2, 0.25) is 0 Å². The number of nitrogens with zero attached hydrogens (tertiary/aromatic N) is 3.